The number of hydrogen-bond acceptors (Lipinski definition) is 2. The fourth-order valence-corrected chi connectivity index (χ4v) is 2.34. The number of para-hydroxylation sites is 1. The van der Waals surface area contributed by atoms with Crippen LogP contribution in [0, 0.1) is 13.8 Å². The summed E-state index contributed by atoms with van der Waals surface area (Å²) in [5.41, 5.74) is 3.29. The number of nitrogens with one attached hydrogen (secondary N) is 1. The third kappa shape index (κ3) is 4.02. The van der Waals surface area contributed by atoms with E-state index >= 15 is 0 Å². The smallest absolute Gasteiger partial charge is 0.232 e. The van der Waals surface area contributed by atoms with Crippen molar-refractivity contribution < 1.29 is 9.59 Å². The van der Waals surface area contributed by atoms with Gasteiger partial charge in [-0.2, -0.15) is 0 Å². The van der Waals surface area contributed by atoms with Crippen molar-refractivity contribution in [2.24, 2.45) is 0 Å². The molecule has 2 aromatic carbocycles. The second-order valence-electron chi connectivity index (χ2n) is 4.92. The summed E-state index contributed by atoms with van der Waals surface area (Å²) in [7, 11) is 0. The van der Waals surface area contributed by atoms with Crippen LogP contribution in [-0.2, 0) is 4.79 Å². The minimum atomic E-state index is -0.291. The van der Waals surface area contributed by atoms with Crippen LogP contribution in [0.15, 0.2) is 46.9 Å². The van der Waals surface area contributed by atoms with E-state index in [1.807, 2.05) is 32.0 Å². The Labute approximate surface area is 132 Å². The first kappa shape index (κ1) is 15.4. The lowest BCUT2D eigenvalue weighted by Gasteiger charge is -2.11. The number of ketones is 1. The van der Waals surface area contributed by atoms with Crippen molar-refractivity contribution >= 4 is 33.3 Å². The molecule has 0 saturated carbocycles. The van der Waals surface area contributed by atoms with Crippen LogP contribution in [0.5, 0.6) is 0 Å². The first-order chi connectivity index (χ1) is 9.97. The standard InChI is InChI=1S/C17H16BrNO2/c1-11-4-3-5-12(2)17(11)19-16(21)10-15(20)13-6-8-14(18)9-7-13/h3-9H,10H2,1-2H3,(H,19,21). The van der Waals surface area contributed by atoms with Gasteiger partial charge in [0.2, 0.25) is 5.91 Å². The molecule has 1 N–H and O–H groups in total. The molecule has 0 aromatic heterocycles. The van der Waals surface area contributed by atoms with Crippen molar-refractivity contribution in [3.05, 3.63) is 63.6 Å². The Morgan fingerprint density at radius 1 is 1.00 bits per heavy atom. The molecule has 4 heteroatoms. The molecule has 0 aliphatic rings. The third-order valence-electron chi connectivity index (χ3n) is 3.23. The Morgan fingerprint density at radius 2 is 1.57 bits per heavy atom. The van der Waals surface area contributed by atoms with Crippen LogP contribution in [0.25, 0.3) is 0 Å². The van der Waals surface area contributed by atoms with Gasteiger partial charge in [0.25, 0.3) is 0 Å². The van der Waals surface area contributed by atoms with Gasteiger partial charge in [0.1, 0.15) is 0 Å². The fraction of sp³-hybridized carbons (Fsp3) is 0.176. The molecule has 0 fully saturated rings. The molecule has 21 heavy (non-hydrogen) atoms. The van der Waals surface area contributed by atoms with Gasteiger partial charge < -0.3 is 5.32 Å². The first-order valence-electron chi connectivity index (χ1n) is 6.62. The summed E-state index contributed by atoms with van der Waals surface area (Å²) in [6, 6.07) is 12.8. The topological polar surface area (TPSA) is 46.2 Å². The van der Waals surface area contributed by atoms with Gasteiger partial charge in [-0.05, 0) is 37.1 Å². The Hall–Kier alpha value is -1.94. The average molecular weight is 346 g/mol. The molecule has 0 aliphatic heterocycles. The fourth-order valence-electron chi connectivity index (χ4n) is 2.08. The number of aryl methyl sites for hydroxylation is 2. The number of hydrogen-bond donors (Lipinski definition) is 1. The largest absolute Gasteiger partial charge is 0.325 e. The van der Waals surface area contributed by atoms with Crippen LogP contribution >= 0.6 is 15.9 Å². The van der Waals surface area contributed by atoms with E-state index in [0.29, 0.717) is 5.56 Å². The number of Topliss-reactive ketones (excluding diaryl/α,β-unsaturated/α-hetero) is 1. The van der Waals surface area contributed by atoms with Gasteiger partial charge in [0, 0.05) is 15.7 Å². The van der Waals surface area contributed by atoms with E-state index in [4.69, 9.17) is 0 Å². The molecule has 3 nitrogen and oxygen atoms in total. The predicted molar refractivity (Wildman–Crippen MR) is 87.6 cm³/mol. The molecule has 1 amide bonds. The maximum atomic E-state index is 12.1. The summed E-state index contributed by atoms with van der Waals surface area (Å²) < 4.78 is 0.902. The predicted octanol–water partition coefficient (Wildman–Crippen LogP) is 4.28. The second kappa shape index (κ2) is 6.68. The summed E-state index contributed by atoms with van der Waals surface area (Å²) in [5, 5.41) is 2.82. The van der Waals surface area contributed by atoms with Crippen molar-refractivity contribution in [2.45, 2.75) is 20.3 Å². The van der Waals surface area contributed by atoms with Crippen LogP contribution in [0.3, 0.4) is 0 Å². The quantitative estimate of drug-likeness (QED) is 0.664. The minimum absolute atomic E-state index is 0.157. The molecule has 0 atom stereocenters. The summed E-state index contributed by atoms with van der Waals surface area (Å²) in [4.78, 5) is 24.1. The highest BCUT2D eigenvalue weighted by Gasteiger charge is 2.13. The highest BCUT2D eigenvalue weighted by atomic mass is 79.9. The van der Waals surface area contributed by atoms with Crippen molar-refractivity contribution in [1.82, 2.24) is 0 Å². The number of benzene rings is 2. The lowest BCUT2D eigenvalue weighted by molar-refractivity contribution is -0.115. The zero-order valence-corrected chi connectivity index (χ0v) is 13.5. The summed E-state index contributed by atoms with van der Waals surface area (Å²) in [6.45, 7) is 3.86. The van der Waals surface area contributed by atoms with Gasteiger partial charge >= 0.3 is 0 Å². The Kier molecular flexibility index (Phi) is 4.91. The summed E-state index contributed by atoms with van der Waals surface area (Å²) in [6.07, 6.45) is -0.157. The summed E-state index contributed by atoms with van der Waals surface area (Å²) >= 11 is 3.32. The Balaban J connectivity index is 2.05. The van der Waals surface area contributed by atoms with Crippen LogP contribution in [0.2, 0.25) is 0 Å². The lowest BCUT2D eigenvalue weighted by atomic mass is 10.1. The Bertz CT molecular complexity index is 657. The molecule has 108 valence electrons. The van der Waals surface area contributed by atoms with Crippen LogP contribution in [-0.4, -0.2) is 11.7 Å². The molecular formula is C17H16BrNO2. The van der Waals surface area contributed by atoms with Gasteiger partial charge in [-0.25, -0.2) is 0 Å². The Morgan fingerprint density at radius 3 is 2.14 bits per heavy atom. The number of halogens is 1. The van der Waals surface area contributed by atoms with E-state index in [1.165, 1.54) is 0 Å². The van der Waals surface area contributed by atoms with Gasteiger partial charge in [0.15, 0.2) is 5.78 Å². The minimum Gasteiger partial charge on any atom is -0.325 e. The van der Waals surface area contributed by atoms with Crippen LogP contribution < -0.4 is 5.32 Å². The number of carbonyl (C=O) groups excluding carboxylic acids is 2. The number of rotatable bonds is 4. The van der Waals surface area contributed by atoms with E-state index < -0.39 is 0 Å². The van der Waals surface area contributed by atoms with Gasteiger partial charge in [-0.3, -0.25) is 9.59 Å². The monoisotopic (exact) mass is 345 g/mol. The lowest BCUT2D eigenvalue weighted by Crippen LogP contribution is -2.17. The van der Waals surface area contributed by atoms with Crippen LogP contribution in [0.4, 0.5) is 5.69 Å². The van der Waals surface area contributed by atoms with Crippen molar-refractivity contribution in [1.29, 1.82) is 0 Å². The number of amides is 1. The van der Waals surface area contributed by atoms with E-state index in [2.05, 4.69) is 21.2 Å². The summed E-state index contributed by atoms with van der Waals surface area (Å²) in [5.74, 6) is -0.480. The number of carbonyl (C=O) groups is 2. The zero-order chi connectivity index (χ0) is 15.4. The molecule has 0 saturated heterocycles. The van der Waals surface area contributed by atoms with E-state index in [-0.39, 0.29) is 18.1 Å². The molecule has 0 radical (unpaired) electrons. The molecule has 2 rings (SSSR count). The molecule has 2 aromatic rings. The number of anilines is 1. The molecular weight excluding hydrogens is 330 g/mol. The highest BCUT2D eigenvalue weighted by Crippen LogP contribution is 2.20. The zero-order valence-electron chi connectivity index (χ0n) is 11.9. The maximum Gasteiger partial charge on any atom is 0.232 e. The van der Waals surface area contributed by atoms with E-state index in [0.717, 1.165) is 21.3 Å². The van der Waals surface area contributed by atoms with Crippen molar-refractivity contribution in [2.75, 3.05) is 5.32 Å². The molecule has 0 bridgehead atoms. The molecule has 0 unspecified atom stereocenters. The average Bonchev–Trinajstić information content (AvgIpc) is 2.43. The molecule has 0 aliphatic carbocycles. The van der Waals surface area contributed by atoms with Crippen molar-refractivity contribution in [3.63, 3.8) is 0 Å². The van der Waals surface area contributed by atoms with E-state index in [1.54, 1.807) is 24.3 Å². The first-order valence-corrected chi connectivity index (χ1v) is 7.41. The van der Waals surface area contributed by atoms with Crippen LogP contribution in [0.1, 0.15) is 27.9 Å². The van der Waals surface area contributed by atoms with Gasteiger partial charge in [-0.15, -0.1) is 0 Å². The normalized spacial score (nSPS) is 10.2. The SMILES string of the molecule is Cc1cccc(C)c1NC(=O)CC(=O)c1ccc(Br)cc1. The van der Waals surface area contributed by atoms with E-state index in [9.17, 15) is 9.59 Å². The molecule has 0 spiro atoms. The third-order valence-corrected chi connectivity index (χ3v) is 3.76. The molecule has 0 heterocycles. The van der Waals surface area contributed by atoms with Gasteiger partial charge in [-0.1, -0.05) is 46.3 Å². The maximum absolute atomic E-state index is 12.1. The second-order valence-corrected chi connectivity index (χ2v) is 5.84. The van der Waals surface area contributed by atoms with Gasteiger partial charge in [0.05, 0.1) is 6.42 Å². The van der Waals surface area contributed by atoms with Crippen molar-refractivity contribution in [3.8, 4) is 0 Å². The highest BCUT2D eigenvalue weighted by molar-refractivity contribution is 9.10.